The minimum Gasteiger partial charge on any atom is -0.457 e. The molecule has 0 amide bonds. The van der Waals surface area contributed by atoms with Crippen molar-refractivity contribution in [3.63, 3.8) is 0 Å². The highest BCUT2D eigenvalue weighted by Gasteiger charge is 2.40. The van der Waals surface area contributed by atoms with E-state index in [9.17, 15) is 0 Å². The van der Waals surface area contributed by atoms with Crippen LogP contribution >= 0.6 is 11.8 Å². The van der Waals surface area contributed by atoms with Crippen LogP contribution in [-0.4, -0.2) is 36.8 Å². The van der Waals surface area contributed by atoms with E-state index in [0.717, 1.165) is 17.1 Å². The van der Waals surface area contributed by atoms with E-state index >= 15 is 0 Å². The number of ether oxygens (including phenoxy) is 3. The summed E-state index contributed by atoms with van der Waals surface area (Å²) in [6.45, 7) is 1.24. The fraction of sp³-hybridized carbons (Fsp3) is 0.333. The Labute approximate surface area is 168 Å². The van der Waals surface area contributed by atoms with E-state index in [1.807, 2.05) is 54.8 Å². The number of hydrogen-bond donors (Lipinski definition) is 0. The fourth-order valence-corrected chi connectivity index (χ4v) is 3.58. The van der Waals surface area contributed by atoms with Gasteiger partial charge in [-0.05, 0) is 54.8 Å². The summed E-state index contributed by atoms with van der Waals surface area (Å²) >= 11 is 1.70. The number of thioether (sulfide) groups is 1. The molecule has 0 N–H and O–H groups in total. The molecule has 1 fully saturated rings. The topological polar surface area (TPSA) is 66.6 Å². The predicted octanol–water partition coefficient (Wildman–Crippen LogP) is 4.90. The maximum Gasteiger partial charge on any atom is 0.248 e. The molecule has 1 aliphatic heterocycles. The van der Waals surface area contributed by atoms with Gasteiger partial charge in [0, 0.05) is 43.6 Å². The highest BCUT2D eigenvalue weighted by Crippen LogP contribution is 2.36. The van der Waals surface area contributed by atoms with Crippen LogP contribution in [0, 0.1) is 0 Å². The van der Waals surface area contributed by atoms with E-state index in [2.05, 4.69) is 10.2 Å². The predicted molar refractivity (Wildman–Crippen MR) is 107 cm³/mol. The van der Waals surface area contributed by atoms with Crippen LogP contribution < -0.4 is 4.74 Å². The molecule has 2 aromatic carbocycles. The van der Waals surface area contributed by atoms with Crippen molar-refractivity contribution in [1.82, 2.24) is 10.2 Å². The second-order valence-electron chi connectivity index (χ2n) is 6.53. The Kier molecular flexibility index (Phi) is 5.66. The lowest BCUT2D eigenvalue weighted by molar-refractivity contribution is -0.109. The molecule has 28 heavy (non-hydrogen) atoms. The number of nitrogens with zero attached hydrogens (tertiary/aromatic N) is 2. The van der Waals surface area contributed by atoms with Gasteiger partial charge in [-0.25, -0.2) is 0 Å². The Morgan fingerprint density at radius 3 is 2.18 bits per heavy atom. The summed E-state index contributed by atoms with van der Waals surface area (Å²) in [7, 11) is 1.67. The molecular formula is C21H22N2O4S. The first kappa shape index (κ1) is 19.0. The van der Waals surface area contributed by atoms with Gasteiger partial charge in [0.05, 0.1) is 0 Å². The number of benzene rings is 2. The van der Waals surface area contributed by atoms with Crippen molar-refractivity contribution in [2.75, 3.05) is 26.6 Å². The highest BCUT2D eigenvalue weighted by atomic mass is 32.2. The Balaban J connectivity index is 1.48. The van der Waals surface area contributed by atoms with Gasteiger partial charge >= 0.3 is 0 Å². The van der Waals surface area contributed by atoms with Crippen LogP contribution in [0.1, 0.15) is 18.7 Å². The van der Waals surface area contributed by atoms with Crippen molar-refractivity contribution in [2.45, 2.75) is 23.3 Å². The smallest absolute Gasteiger partial charge is 0.248 e. The first-order valence-electron chi connectivity index (χ1n) is 9.12. The van der Waals surface area contributed by atoms with Crippen molar-refractivity contribution in [2.24, 2.45) is 0 Å². The number of methoxy groups -OCH3 is 1. The van der Waals surface area contributed by atoms with Gasteiger partial charge in [-0.15, -0.1) is 22.0 Å². The molecule has 0 bridgehead atoms. The molecule has 0 radical (unpaired) electrons. The van der Waals surface area contributed by atoms with Crippen LogP contribution in [0.5, 0.6) is 11.5 Å². The first-order chi connectivity index (χ1) is 13.7. The maximum absolute atomic E-state index is 5.94. The van der Waals surface area contributed by atoms with E-state index in [-0.39, 0.29) is 0 Å². The van der Waals surface area contributed by atoms with Crippen LogP contribution in [0.3, 0.4) is 0 Å². The minimum atomic E-state index is -0.560. The van der Waals surface area contributed by atoms with Crippen molar-refractivity contribution in [3.8, 4) is 23.0 Å². The van der Waals surface area contributed by atoms with Crippen LogP contribution in [0.4, 0.5) is 0 Å². The van der Waals surface area contributed by atoms with Crippen LogP contribution in [-0.2, 0) is 15.1 Å². The lowest BCUT2D eigenvalue weighted by atomic mass is 9.94. The Morgan fingerprint density at radius 2 is 1.57 bits per heavy atom. The van der Waals surface area contributed by atoms with Gasteiger partial charge in [0.25, 0.3) is 0 Å². The van der Waals surface area contributed by atoms with Crippen molar-refractivity contribution < 1.29 is 18.6 Å². The average molecular weight is 398 g/mol. The second kappa shape index (κ2) is 8.34. The molecule has 0 saturated carbocycles. The standard InChI is InChI=1S/C21H22N2O4S/c1-24-21(11-13-25-14-12-21)20-23-22-19(27-20)15-3-5-16(6-4-15)26-17-7-9-18(28-2)10-8-17/h3-10H,11-14H2,1-2H3. The summed E-state index contributed by atoms with van der Waals surface area (Å²) < 4.78 is 23.0. The summed E-state index contributed by atoms with van der Waals surface area (Å²) in [6.07, 6.45) is 3.45. The summed E-state index contributed by atoms with van der Waals surface area (Å²) in [5.74, 6) is 2.52. The zero-order valence-corrected chi connectivity index (χ0v) is 16.7. The maximum atomic E-state index is 5.94. The molecule has 0 unspecified atom stereocenters. The minimum absolute atomic E-state index is 0.466. The van der Waals surface area contributed by atoms with E-state index in [1.54, 1.807) is 18.9 Å². The van der Waals surface area contributed by atoms with Crippen molar-refractivity contribution in [3.05, 3.63) is 54.4 Å². The summed E-state index contributed by atoms with van der Waals surface area (Å²) in [5, 5.41) is 8.44. The molecule has 0 spiro atoms. The lowest BCUT2D eigenvalue weighted by Gasteiger charge is -2.32. The van der Waals surface area contributed by atoms with Gasteiger partial charge in [-0.2, -0.15) is 0 Å². The Bertz CT molecular complexity index is 903. The van der Waals surface area contributed by atoms with E-state index in [4.69, 9.17) is 18.6 Å². The third-order valence-corrected chi connectivity index (χ3v) is 5.65. The van der Waals surface area contributed by atoms with Gasteiger partial charge in [0.1, 0.15) is 17.1 Å². The molecule has 146 valence electrons. The molecule has 4 rings (SSSR count). The average Bonchev–Trinajstić information content (AvgIpc) is 3.26. The fourth-order valence-electron chi connectivity index (χ4n) is 3.18. The summed E-state index contributed by atoms with van der Waals surface area (Å²) in [5.41, 5.74) is 0.275. The van der Waals surface area contributed by atoms with E-state index < -0.39 is 5.60 Å². The number of hydrogen-bond acceptors (Lipinski definition) is 7. The van der Waals surface area contributed by atoms with E-state index in [0.29, 0.717) is 37.8 Å². The second-order valence-corrected chi connectivity index (χ2v) is 7.40. The molecule has 2 heterocycles. The van der Waals surface area contributed by atoms with Crippen molar-refractivity contribution in [1.29, 1.82) is 0 Å². The third-order valence-electron chi connectivity index (χ3n) is 4.90. The molecule has 1 aromatic heterocycles. The Morgan fingerprint density at radius 1 is 0.929 bits per heavy atom. The van der Waals surface area contributed by atoms with Crippen LogP contribution in [0.25, 0.3) is 11.5 Å². The van der Waals surface area contributed by atoms with Gasteiger partial charge < -0.3 is 18.6 Å². The molecule has 3 aromatic rings. The monoisotopic (exact) mass is 398 g/mol. The molecule has 0 atom stereocenters. The normalized spacial score (nSPS) is 16.1. The van der Waals surface area contributed by atoms with Gasteiger partial charge in [0.2, 0.25) is 11.8 Å². The van der Waals surface area contributed by atoms with Crippen molar-refractivity contribution >= 4 is 11.8 Å². The number of aromatic nitrogens is 2. The SMILES string of the molecule is COC1(c2nnc(-c3ccc(Oc4ccc(SC)cc4)cc3)o2)CCOCC1. The van der Waals surface area contributed by atoms with Gasteiger partial charge in [0.15, 0.2) is 0 Å². The molecule has 0 aliphatic carbocycles. The molecule has 7 heteroatoms. The lowest BCUT2D eigenvalue weighted by Crippen LogP contribution is -2.35. The van der Waals surface area contributed by atoms with Gasteiger partial charge in [-0.1, -0.05) is 0 Å². The Hall–Kier alpha value is -2.35. The third kappa shape index (κ3) is 3.92. The molecule has 6 nitrogen and oxygen atoms in total. The summed E-state index contributed by atoms with van der Waals surface area (Å²) in [6, 6.07) is 15.6. The quantitative estimate of drug-likeness (QED) is 0.547. The van der Waals surface area contributed by atoms with Crippen LogP contribution in [0.15, 0.2) is 57.8 Å². The summed E-state index contributed by atoms with van der Waals surface area (Å²) in [4.78, 5) is 1.20. The van der Waals surface area contributed by atoms with E-state index in [1.165, 1.54) is 4.90 Å². The zero-order chi connectivity index (χ0) is 19.4. The molecular weight excluding hydrogens is 376 g/mol. The molecule has 1 aliphatic rings. The zero-order valence-electron chi connectivity index (χ0n) is 15.9. The molecule has 1 saturated heterocycles. The first-order valence-corrected chi connectivity index (χ1v) is 10.3. The van der Waals surface area contributed by atoms with Crippen LogP contribution in [0.2, 0.25) is 0 Å². The number of rotatable bonds is 6. The largest absolute Gasteiger partial charge is 0.457 e. The van der Waals surface area contributed by atoms with Gasteiger partial charge in [-0.3, -0.25) is 0 Å². The highest BCUT2D eigenvalue weighted by molar-refractivity contribution is 7.98.